The van der Waals surface area contributed by atoms with Crippen LogP contribution in [0.2, 0.25) is 0 Å². The van der Waals surface area contributed by atoms with Gasteiger partial charge in [-0.05, 0) is 23.5 Å². The van der Waals surface area contributed by atoms with E-state index in [0.29, 0.717) is 0 Å². The van der Waals surface area contributed by atoms with E-state index in [0.717, 1.165) is 6.07 Å². The normalized spacial score (nSPS) is 14.8. The Kier molecular flexibility index (Phi) is 3.87. The maximum atomic E-state index is 12.8. The van der Waals surface area contributed by atoms with Crippen LogP contribution in [-0.2, 0) is 12.6 Å². The molecule has 0 saturated heterocycles. The van der Waals surface area contributed by atoms with Gasteiger partial charge in [0.1, 0.15) is 0 Å². The number of nitrogens with two attached hydrogens (primary N) is 1. The van der Waals surface area contributed by atoms with Crippen molar-refractivity contribution >= 4 is 0 Å². The Morgan fingerprint density at radius 1 is 1.12 bits per heavy atom. The summed E-state index contributed by atoms with van der Waals surface area (Å²) < 4.78 is 38.3. The predicted octanol–water partition coefficient (Wildman–Crippen LogP) is 3.62. The zero-order valence-corrected chi connectivity index (χ0v) is 10.3. The molecule has 0 fully saturated rings. The molecule has 4 heteroatoms. The molecule has 0 aliphatic rings. The third kappa shape index (κ3) is 3.73. The molecular formula is C13H18F3N. The highest BCUT2D eigenvalue weighted by Crippen LogP contribution is 2.33. The number of rotatable bonds is 2. The molecule has 1 aromatic rings. The Bertz CT molecular complexity index is 377. The lowest BCUT2D eigenvalue weighted by atomic mass is 9.83. The van der Waals surface area contributed by atoms with Gasteiger partial charge >= 0.3 is 6.18 Å². The maximum Gasteiger partial charge on any atom is 0.416 e. The van der Waals surface area contributed by atoms with Gasteiger partial charge in [-0.15, -0.1) is 0 Å². The van der Waals surface area contributed by atoms with Crippen LogP contribution in [0.3, 0.4) is 0 Å². The third-order valence-corrected chi connectivity index (χ3v) is 2.87. The first kappa shape index (κ1) is 14.0. The molecular weight excluding hydrogens is 227 g/mol. The molecule has 0 aliphatic carbocycles. The van der Waals surface area contributed by atoms with Crippen LogP contribution in [0.25, 0.3) is 0 Å². The number of benzene rings is 1. The van der Waals surface area contributed by atoms with E-state index < -0.39 is 11.7 Å². The third-order valence-electron chi connectivity index (χ3n) is 2.87. The minimum atomic E-state index is -4.31. The lowest BCUT2D eigenvalue weighted by Gasteiger charge is -2.28. The van der Waals surface area contributed by atoms with Crippen molar-refractivity contribution in [2.45, 2.75) is 39.4 Å². The van der Waals surface area contributed by atoms with Crippen molar-refractivity contribution in [3.8, 4) is 0 Å². The van der Waals surface area contributed by atoms with Gasteiger partial charge in [0, 0.05) is 6.04 Å². The average Bonchev–Trinajstić information content (AvgIpc) is 2.15. The van der Waals surface area contributed by atoms with Gasteiger partial charge in [-0.2, -0.15) is 13.2 Å². The van der Waals surface area contributed by atoms with Crippen molar-refractivity contribution in [2.24, 2.45) is 11.1 Å². The Morgan fingerprint density at radius 3 is 2.12 bits per heavy atom. The van der Waals surface area contributed by atoms with Crippen molar-refractivity contribution < 1.29 is 13.2 Å². The highest BCUT2D eigenvalue weighted by atomic mass is 19.4. The van der Waals surface area contributed by atoms with Crippen LogP contribution in [0.15, 0.2) is 24.3 Å². The standard InChI is InChI=1S/C13H18F3N/c1-12(2,3)11(17)8-9-6-4-5-7-10(9)13(14,15)16/h4-7,11H,8,17H2,1-3H3. The molecule has 0 amide bonds. The Morgan fingerprint density at radius 2 is 1.65 bits per heavy atom. The predicted molar refractivity (Wildman–Crippen MR) is 62.6 cm³/mol. The summed E-state index contributed by atoms with van der Waals surface area (Å²) in [5, 5.41) is 0. The van der Waals surface area contributed by atoms with E-state index in [-0.39, 0.29) is 23.4 Å². The molecule has 1 aromatic carbocycles. The first-order chi connectivity index (χ1) is 7.62. The number of hydrogen-bond donors (Lipinski definition) is 1. The lowest BCUT2D eigenvalue weighted by molar-refractivity contribution is -0.138. The van der Waals surface area contributed by atoms with E-state index in [4.69, 9.17) is 5.73 Å². The van der Waals surface area contributed by atoms with Gasteiger partial charge in [-0.3, -0.25) is 0 Å². The van der Waals surface area contributed by atoms with Crippen LogP contribution in [-0.4, -0.2) is 6.04 Å². The Hall–Kier alpha value is -1.03. The van der Waals surface area contributed by atoms with Gasteiger partial charge in [0.25, 0.3) is 0 Å². The smallest absolute Gasteiger partial charge is 0.327 e. The molecule has 1 unspecified atom stereocenters. The summed E-state index contributed by atoms with van der Waals surface area (Å²) in [6.07, 6.45) is -4.08. The van der Waals surface area contributed by atoms with Gasteiger partial charge in [-0.1, -0.05) is 39.0 Å². The van der Waals surface area contributed by atoms with Crippen molar-refractivity contribution in [3.05, 3.63) is 35.4 Å². The summed E-state index contributed by atoms with van der Waals surface area (Å²) in [5.74, 6) is 0. The summed E-state index contributed by atoms with van der Waals surface area (Å²) in [5.41, 5.74) is 5.40. The Balaban J connectivity index is 3.00. The molecule has 0 spiro atoms. The van der Waals surface area contributed by atoms with Crippen LogP contribution in [0, 0.1) is 5.41 Å². The largest absolute Gasteiger partial charge is 0.416 e. The first-order valence-electron chi connectivity index (χ1n) is 5.53. The SMILES string of the molecule is CC(C)(C)C(N)Cc1ccccc1C(F)(F)F. The van der Waals surface area contributed by atoms with Crippen molar-refractivity contribution in [3.63, 3.8) is 0 Å². The molecule has 96 valence electrons. The summed E-state index contributed by atoms with van der Waals surface area (Å²) in [6.45, 7) is 5.77. The molecule has 17 heavy (non-hydrogen) atoms. The molecule has 0 bridgehead atoms. The minimum Gasteiger partial charge on any atom is -0.327 e. The van der Waals surface area contributed by atoms with E-state index in [1.807, 2.05) is 20.8 Å². The summed E-state index contributed by atoms with van der Waals surface area (Å²) in [4.78, 5) is 0. The van der Waals surface area contributed by atoms with Crippen molar-refractivity contribution in [2.75, 3.05) is 0 Å². The summed E-state index contributed by atoms with van der Waals surface area (Å²) in [6, 6.07) is 5.31. The van der Waals surface area contributed by atoms with Crippen molar-refractivity contribution in [1.82, 2.24) is 0 Å². The van der Waals surface area contributed by atoms with E-state index in [9.17, 15) is 13.2 Å². The summed E-state index contributed by atoms with van der Waals surface area (Å²) >= 11 is 0. The van der Waals surface area contributed by atoms with Crippen LogP contribution in [0.1, 0.15) is 31.9 Å². The van der Waals surface area contributed by atoms with E-state index in [1.165, 1.54) is 12.1 Å². The van der Waals surface area contributed by atoms with E-state index in [2.05, 4.69) is 0 Å². The zero-order chi connectivity index (χ0) is 13.3. The molecule has 2 N–H and O–H groups in total. The summed E-state index contributed by atoms with van der Waals surface area (Å²) in [7, 11) is 0. The van der Waals surface area contributed by atoms with Crippen LogP contribution in [0.5, 0.6) is 0 Å². The second-order valence-corrected chi connectivity index (χ2v) is 5.33. The fraction of sp³-hybridized carbons (Fsp3) is 0.538. The highest BCUT2D eigenvalue weighted by Gasteiger charge is 2.34. The van der Waals surface area contributed by atoms with Gasteiger partial charge in [0.15, 0.2) is 0 Å². The molecule has 0 aliphatic heterocycles. The lowest BCUT2D eigenvalue weighted by Crippen LogP contribution is -2.37. The topological polar surface area (TPSA) is 26.0 Å². The number of alkyl halides is 3. The molecule has 1 atom stereocenters. The highest BCUT2D eigenvalue weighted by molar-refractivity contribution is 5.30. The van der Waals surface area contributed by atoms with Gasteiger partial charge in [0.05, 0.1) is 5.56 Å². The maximum absolute atomic E-state index is 12.8. The first-order valence-corrected chi connectivity index (χ1v) is 5.53. The molecule has 0 aromatic heterocycles. The Labute approximate surface area is 99.8 Å². The fourth-order valence-corrected chi connectivity index (χ4v) is 1.52. The molecule has 1 nitrogen and oxygen atoms in total. The zero-order valence-electron chi connectivity index (χ0n) is 10.3. The van der Waals surface area contributed by atoms with Gasteiger partial charge in [-0.25, -0.2) is 0 Å². The average molecular weight is 245 g/mol. The van der Waals surface area contributed by atoms with E-state index >= 15 is 0 Å². The van der Waals surface area contributed by atoms with Crippen LogP contribution < -0.4 is 5.73 Å². The van der Waals surface area contributed by atoms with E-state index in [1.54, 1.807) is 6.07 Å². The van der Waals surface area contributed by atoms with Crippen LogP contribution in [0.4, 0.5) is 13.2 Å². The second kappa shape index (κ2) is 4.69. The second-order valence-electron chi connectivity index (χ2n) is 5.33. The van der Waals surface area contributed by atoms with Crippen molar-refractivity contribution in [1.29, 1.82) is 0 Å². The molecule has 0 radical (unpaired) electrons. The molecule has 0 saturated carbocycles. The fourth-order valence-electron chi connectivity index (χ4n) is 1.52. The minimum absolute atomic E-state index is 0.210. The molecule has 0 heterocycles. The monoisotopic (exact) mass is 245 g/mol. The van der Waals surface area contributed by atoms with Crippen LogP contribution >= 0.6 is 0 Å². The van der Waals surface area contributed by atoms with Gasteiger partial charge < -0.3 is 5.73 Å². The number of hydrogen-bond acceptors (Lipinski definition) is 1. The van der Waals surface area contributed by atoms with Gasteiger partial charge in [0.2, 0.25) is 0 Å². The molecule has 1 rings (SSSR count). The number of halogens is 3. The quantitative estimate of drug-likeness (QED) is 0.846.